The molecule has 1 aromatic rings. The summed E-state index contributed by atoms with van der Waals surface area (Å²) in [6.07, 6.45) is 6.68. The van der Waals surface area contributed by atoms with Crippen molar-refractivity contribution in [3.8, 4) is 0 Å². The minimum absolute atomic E-state index is 0.522. The van der Waals surface area contributed by atoms with Gasteiger partial charge in [0.25, 0.3) is 0 Å². The van der Waals surface area contributed by atoms with Gasteiger partial charge in [0, 0.05) is 5.92 Å². The van der Waals surface area contributed by atoms with Gasteiger partial charge in [-0.3, -0.25) is 0 Å². The van der Waals surface area contributed by atoms with Crippen LogP contribution in [-0.4, -0.2) is 0 Å². The number of benzene rings is 1. The fourth-order valence-corrected chi connectivity index (χ4v) is 2.49. The van der Waals surface area contributed by atoms with E-state index in [1.165, 1.54) is 27.8 Å². The summed E-state index contributed by atoms with van der Waals surface area (Å²) in [5, 5.41) is 0. The molecule has 0 N–H and O–H groups in total. The minimum Gasteiger partial charge on any atom is -0.0772 e. The summed E-state index contributed by atoms with van der Waals surface area (Å²) < 4.78 is 0. The van der Waals surface area contributed by atoms with Crippen LogP contribution in [0.15, 0.2) is 30.4 Å². The fraction of sp³-hybridized carbons (Fsp3) is 0.333. The van der Waals surface area contributed by atoms with Gasteiger partial charge in [0.15, 0.2) is 0 Å². The molecule has 0 heteroatoms. The molecule has 0 aliphatic heterocycles. The third-order valence-electron chi connectivity index (χ3n) is 3.27. The highest BCUT2D eigenvalue weighted by Gasteiger charge is 2.15. The minimum atomic E-state index is 0.522. The number of rotatable bonds is 0. The molecule has 0 aromatic heterocycles. The van der Waals surface area contributed by atoms with Gasteiger partial charge in [-0.1, -0.05) is 37.3 Å². The average Bonchev–Trinajstić information content (AvgIpc) is 2.33. The van der Waals surface area contributed by atoms with E-state index in [4.69, 9.17) is 0 Å². The molecule has 1 aliphatic rings. The Morgan fingerprint density at radius 1 is 1.00 bits per heavy atom. The van der Waals surface area contributed by atoms with Crippen molar-refractivity contribution < 1.29 is 0 Å². The second kappa shape index (κ2) is 3.69. The predicted octanol–water partition coefficient (Wildman–Crippen LogP) is 4.38. The maximum Gasteiger partial charge on any atom is 0.000144 e. The maximum atomic E-state index is 2.28. The first kappa shape index (κ1) is 10.2. The van der Waals surface area contributed by atoms with Gasteiger partial charge in [-0.2, -0.15) is 0 Å². The molecular weight excluding hydrogens is 180 g/mol. The molecular formula is C15H18. The Labute approximate surface area is 92.3 Å². The van der Waals surface area contributed by atoms with Crippen molar-refractivity contribution in [2.24, 2.45) is 0 Å². The molecule has 0 amide bonds. The molecule has 1 aromatic carbocycles. The Bertz CT molecular complexity index is 447. The van der Waals surface area contributed by atoms with Crippen LogP contribution in [0.2, 0.25) is 0 Å². The van der Waals surface area contributed by atoms with E-state index >= 15 is 0 Å². The molecule has 0 spiro atoms. The number of hydrogen-bond acceptors (Lipinski definition) is 0. The third-order valence-corrected chi connectivity index (χ3v) is 3.27. The molecule has 0 saturated carbocycles. The number of allylic oxidation sites excluding steroid dienone is 4. The molecule has 15 heavy (non-hydrogen) atoms. The highest BCUT2D eigenvalue weighted by Crippen LogP contribution is 2.34. The van der Waals surface area contributed by atoms with Crippen LogP contribution in [0.5, 0.6) is 0 Å². The van der Waals surface area contributed by atoms with Gasteiger partial charge < -0.3 is 0 Å². The number of hydrogen-bond donors (Lipinski definition) is 0. The number of fused-ring (bicyclic) bond motifs is 1. The zero-order chi connectivity index (χ0) is 11.0. The van der Waals surface area contributed by atoms with Gasteiger partial charge in [0.1, 0.15) is 0 Å². The molecule has 0 bridgehead atoms. The van der Waals surface area contributed by atoms with Gasteiger partial charge in [0.2, 0.25) is 0 Å². The number of aryl methyl sites for hydroxylation is 2. The van der Waals surface area contributed by atoms with Crippen LogP contribution in [0.25, 0.3) is 5.57 Å². The van der Waals surface area contributed by atoms with Crippen molar-refractivity contribution in [2.45, 2.75) is 33.6 Å². The summed E-state index contributed by atoms with van der Waals surface area (Å²) in [5.41, 5.74) is 7.12. The Morgan fingerprint density at radius 3 is 2.40 bits per heavy atom. The van der Waals surface area contributed by atoms with E-state index < -0.39 is 0 Å². The van der Waals surface area contributed by atoms with Crippen molar-refractivity contribution in [2.75, 3.05) is 0 Å². The van der Waals surface area contributed by atoms with Crippen LogP contribution in [0, 0.1) is 13.8 Å². The quantitative estimate of drug-likeness (QED) is 0.580. The lowest BCUT2D eigenvalue weighted by atomic mass is 9.87. The second-order valence-corrected chi connectivity index (χ2v) is 4.51. The Morgan fingerprint density at radius 2 is 1.67 bits per heavy atom. The first-order chi connectivity index (χ1) is 7.11. The maximum absolute atomic E-state index is 2.28. The summed E-state index contributed by atoms with van der Waals surface area (Å²) in [4.78, 5) is 0. The molecule has 0 fully saturated rings. The van der Waals surface area contributed by atoms with Gasteiger partial charge in [-0.15, -0.1) is 0 Å². The van der Waals surface area contributed by atoms with E-state index in [9.17, 15) is 0 Å². The van der Waals surface area contributed by atoms with Gasteiger partial charge >= 0.3 is 0 Å². The zero-order valence-corrected chi connectivity index (χ0v) is 9.96. The van der Waals surface area contributed by atoms with E-state index in [1.54, 1.807) is 0 Å². The summed E-state index contributed by atoms with van der Waals surface area (Å²) in [7, 11) is 0. The lowest BCUT2D eigenvalue weighted by Crippen LogP contribution is -2.00. The van der Waals surface area contributed by atoms with Crippen LogP contribution >= 0.6 is 0 Å². The standard InChI is InChI=1S/C15H18/c1-10-6-5-7-11(2)15-13(4)9-8-12(3)14(10)15/h5-10H,1-4H3. The van der Waals surface area contributed by atoms with Crippen molar-refractivity contribution in [1.29, 1.82) is 0 Å². The molecule has 0 saturated heterocycles. The monoisotopic (exact) mass is 198 g/mol. The van der Waals surface area contributed by atoms with Crippen LogP contribution in [0.1, 0.15) is 42.0 Å². The fourth-order valence-electron chi connectivity index (χ4n) is 2.49. The highest BCUT2D eigenvalue weighted by atomic mass is 14.2. The van der Waals surface area contributed by atoms with Crippen LogP contribution < -0.4 is 0 Å². The molecule has 1 unspecified atom stereocenters. The summed E-state index contributed by atoms with van der Waals surface area (Å²) >= 11 is 0. The van der Waals surface area contributed by atoms with E-state index in [0.717, 1.165) is 0 Å². The normalized spacial score (nSPS) is 19.5. The lowest BCUT2D eigenvalue weighted by molar-refractivity contribution is 0.945. The average molecular weight is 198 g/mol. The van der Waals surface area contributed by atoms with Gasteiger partial charge in [-0.25, -0.2) is 0 Å². The van der Waals surface area contributed by atoms with E-state index in [0.29, 0.717) is 5.92 Å². The SMILES string of the molecule is CC1=CC=CC(C)c2c(C)ccc(C)c21. The van der Waals surface area contributed by atoms with Crippen LogP contribution in [-0.2, 0) is 0 Å². The first-order valence-corrected chi connectivity index (χ1v) is 5.57. The Hall–Kier alpha value is -1.30. The Balaban J connectivity index is 2.77. The molecule has 1 atom stereocenters. The van der Waals surface area contributed by atoms with E-state index in [-0.39, 0.29) is 0 Å². The Kier molecular flexibility index (Phi) is 2.52. The van der Waals surface area contributed by atoms with Gasteiger partial charge in [-0.05, 0) is 48.6 Å². The van der Waals surface area contributed by atoms with E-state index in [2.05, 4.69) is 58.1 Å². The van der Waals surface area contributed by atoms with E-state index in [1.807, 2.05) is 0 Å². The molecule has 0 heterocycles. The van der Waals surface area contributed by atoms with Crippen molar-refractivity contribution in [3.63, 3.8) is 0 Å². The van der Waals surface area contributed by atoms with Crippen molar-refractivity contribution in [3.05, 3.63) is 52.6 Å². The summed E-state index contributed by atoms with van der Waals surface area (Å²) in [6, 6.07) is 4.46. The summed E-state index contributed by atoms with van der Waals surface area (Å²) in [5.74, 6) is 0.522. The van der Waals surface area contributed by atoms with Crippen molar-refractivity contribution in [1.82, 2.24) is 0 Å². The molecule has 0 radical (unpaired) electrons. The topological polar surface area (TPSA) is 0 Å². The van der Waals surface area contributed by atoms with Crippen LogP contribution in [0.4, 0.5) is 0 Å². The predicted molar refractivity (Wildman–Crippen MR) is 67.1 cm³/mol. The highest BCUT2D eigenvalue weighted by molar-refractivity contribution is 5.73. The summed E-state index contributed by atoms with van der Waals surface area (Å²) in [6.45, 7) is 8.89. The smallest absolute Gasteiger partial charge is 0.000144 e. The first-order valence-electron chi connectivity index (χ1n) is 5.57. The third kappa shape index (κ3) is 1.65. The molecule has 2 rings (SSSR count). The van der Waals surface area contributed by atoms with Crippen molar-refractivity contribution >= 4 is 5.57 Å². The molecule has 1 aliphatic carbocycles. The zero-order valence-electron chi connectivity index (χ0n) is 9.96. The van der Waals surface area contributed by atoms with Gasteiger partial charge in [0.05, 0.1) is 0 Å². The second-order valence-electron chi connectivity index (χ2n) is 4.51. The van der Waals surface area contributed by atoms with Crippen LogP contribution in [0.3, 0.4) is 0 Å². The molecule has 0 nitrogen and oxygen atoms in total. The largest absolute Gasteiger partial charge is 0.0772 e. The lowest BCUT2D eigenvalue weighted by Gasteiger charge is -2.18. The molecule has 78 valence electrons.